The average molecular weight is 729 g/mol. The van der Waals surface area contributed by atoms with Crippen molar-refractivity contribution >= 4 is 39.8 Å². The number of cyclic esters (lactones) is 1. The highest BCUT2D eigenvalue weighted by Gasteiger charge is 2.34. The Kier molecular flexibility index (Phi) is 10.4. The number of rotatable bonds is 5. The van der Waals surface area contributed by atoms with Crippen molar-refractivity contribution < 1.29 is 19.1 Å². The zero-order valence-corrected chi connectivity index (χ0v) is 32.1. The second kappa shape index (κ2) is 14.9. The second-order valence-corrected chi connectivity index (χ2v) is 16.2. The Morgan fingerprint density at radius 1 is 1.15 bits per heavy atom. The fourth-order valence-electron chi connectivity index (χ4n) is 7.75. The van der Waals surface area contributed by atoms with E-state index >= 15 is 0 Å². The Morgan fingerprint density at radius 3 is 2.69 bits per heavy atom. The van der Waals surface area contributed by atoms with Crippen molar-refractivity contribution in [2.45, 2.75) is 78.1 Å². The third kappa shape index (κ3) is 7.21. The van der Waals surface area contributed by atoms with E-state index in [0.717, 1.165) is 82.5 Å². The van der Waals surface area contributed by atoms with E-state index in [4.69, 9.17) is 25.2 Å². The van der Waals surface area contributed by atoms with Crippen LogP contribution in [0.25, 0.3) is 33.4 Å². The van der Waals surface area contributed by atoms with Gasteiger partial charge in [-0.1, -0.05) is 19.9 Å². The van der Waals surface area contributed by atoms with E-state index in [0.29, 0.717) is 32.2 Å². The summed E-state index contributed by atoms with van der Waals surface area (Å²) in [6.07, 6.45) is 3.98. The molecule has 1 amide bonds. The summed E-state index contributed by atoms with van der Waals surface area (Å²) >= 11 is 1.51. The maximum atomic E-state index is 13.5. The molecule has 0 saturated carbocycles. The molecule has 52 heavy (non-hydrogen) atoms. The minimum Gasteiger partial charge on any atom is -0.464 e. The van der Waals surface area contributed by atoms with E-state index < -0.39 is 17.5 Å². The van der Waals surface area contributed by atoms with Gasteiger partial charge in [-0.05, 0) is 63.9 Å². The highest BCUT2D eigenvalue weighted by molar-refractivity contribution is 7.10. The quantitative estimate of drug-likeness (QED) is 0.277. The molecular weight excluding hydrogens is 677 g/mol. The van der Waals surface area contributed by atoms with Gasteiger partial charge in [-0.15, -0.1) is 11.3 Å². The number of nitrogens with one attached hydrogen (secondary N) is 1. The Bertz CT molecular complexity index is 1950. The molecule has 0 aliphatic carbocycles. The third-order valence-electron chi connectivity index (χ3n) is 10.8. The maximum Gasteiger partial charge on any atom is 0.324 e. The van der Waals surface area contributed by atoms with Crippen molar-refractivity contribution in [3.63, 3.8) is 0 Å². The average Bonchev–Trinajstić information content (AvgIpc) is 3.74. The van der Waals surface area contributed by atoms with Crippen LogP contribution in [0.5, 0.6) is 0 Å². The van der Waals surface area contributed by atoms with Crippen LogP contribution in [-0.4, -0.2) is 102 Å². The topological polar surface area (TPSA) is 131 Å². The number of benzene rings is 1. The van der Waals surface area contributed by atoms with Gasteiger partial charge in [0.05, 0.1) is 52.7 Å². The lowest BCUT2D eigenvalue weighted by atomic mass is 9.84. The molecule has 4 aromatic rings. The lowest BCUT2D eigenvalue weighted by Gasteiger charge is -2.35. The zero-order chi connectivity index (χ0) is 36.7. The van der Waals surface area contributed by atoms with Crippen molar-refractivity contribution in [3.05, 3.63) is 52.1 Å². The number of piperazine rings is 1. The fraction of sp³-hybridized carbons (Fsp3) is 0.538. The number of aromatic nitrogens is 3. The number of hydrogen-bond donors (Lipinski definition) is 2. The molecule has 3 N–H and O–H groups in total. The molecule has 3 atom stereocenters. The van der Waals surface area contributed by atoms with E-state index in [9.17, 15) is 9.59 Å². The van der Waals surface area contributed by atoms with Crippen LogP contribution in [0.3, 0.4) is 0 Å². The molecule has 7 rings (SSSR count). The molecule has 3 aromatic heterocycles. The Labute approximate surface area is 310 Å². The number of likely N-dealkylation sites (N-methyl/N-ethyl adjacent to an activating group) is 1. The minimum absolute atomic E-state index is 0.214. The van der Waals surface area contributed by atoms with Crippen LogP contribution in [0.1, 0.15) is 62.9 Å². The lowest BCUT2D eigenvalue weighted by Crippen LogP contribution is -2.59. The molecule has 1 aromatic carbocycles. The van der Waals surface area contributed by atoms with Gasteiger partial charge in [0.15, 0.2) is 0 Å². The molecule has 3 aliphatic heterocycles. The molecule has 6 bridgehead atoms. The summed E-state index contributed by atoms with van der Waals surface area (Å²) in [7, 11) is 3.90. The molecule has 0 spiro atoms. The fourth-order valence-corrected chi connectivity index (χ4v) is 8.61. The standard InChI is InChI=1S/C39H52N8O4S/c1-7-46-33-11-10-25-17-27(33)29(36(46)28-18-26(21-41-35(28)24(2)50-6)45-15-13-44(5)14-16-45)20-39(3,4)23-51-38(49)31-9-8-12-47(43-31)37(48)30(40)19-34-42-32(25)22-52-34/h10-11,17-18,21-22,24,30-31,43H,7-9,12-16,19-20,23,40H2,1-6H3/t24-,30?,31-/m0/s1. The number of carbonyl (C=O) groups excluding carboxylic acids is 2. The number of amides is 1. The number of carbonyl (C=O) groups is 2. The molecule has 0 radical (unpaired) electrons. The number of thiazole rings is 1. The molecule has 278 valence electrons. The predicted molar refractivity (Wildman–Crippen MR) is 205 cm³/mol. The molecule has 1 unspecified atom stereocenters. The van der Waals surface area contributed by atoms with Gasteiger partial charge in [-0.2, -0.15) is 0 Å². The number of anilines is 1. The first-order chi connectivity index (χ1) is 25.0. The molecular formula is C39H52N8O4S. The number of nitrogens with two attached hydrogens (primary N) is 1. The number of hydrazine groups is 1. The predicted octanol–water partition coefficient (Wildman–Crippen LogP) is 4.80. The van der Waals surface area contributed by atoms with Gasteiger partial charge in [-0.3, -0.25) is 19.6 Å². The van der Waals surface area contributed by atoms with Gasteiger partial charge in [-0.25, -0.2) is 10.4 Å². The first-order valence-electron chi connectivity index (χ1n) is 18.5. The normalized spacial score (nSPS) is 22.4. The summed E-state index contributed by atoms with van der Waals surface area (Å²) in [6, 6.07) is 7.47. The number of fused-ring (bicyclic) bond motifs is 6. The smallest absolute Gasteiger partial charge is 0.324 e. The van der Waals surface area contributed by atoms with Gasteiger partial charge < -0.3 is 29.6 Å². The highest BCUT2D eigenvalue weighted by atomic mass is 32.1. The summed E-state index contributed by atoms with van der Waals surface area (Å²) in [5.74, 6) is -0.604. The summed E-state index contributed by atoms with van der Waals surface area (Å²) in [5, 5.41) is 5.46. The first-order valence-corrected chi connectivity index (χ1v) is 19.4. The van der Waals surface area contributed by atoms with Crippen LogP contribution in [0, 0.1) is 5.41 Å². The van der Waals surface area contributed by atoms with Gasteiger partial charge in [0.1, 0.15) is 6.04 Å². The van der Waals surface area contributed by atoms with Gasteiger partial charge in [0, 0.05) is 85.6 Å². The van der Waals surface area contributed by atoms with Crippen molar-refractivity contribution in [2.75, 3.05) is 58.4 Å². The zero-order valence-electron chi connectivity index (χ0n) is 31.3. The second-order valence-electron chi connectivity index (χ2n) is 15.3. The Hall–Kier alpha value is -3.88. The number of ether oxygens (including phenoxy) is 2. The van der Waals surface area contributed by atoms with E-state index in [2.05, 4.69) is 78.8 Å². The molecule has 2 saturated heterocycles. The SMILES string of the molecule is CCn1c(-c2cc(N3CCN(C)CC3)cnc2[C@H](C)OC)c2c3cc(ccc31)-c1csc(n1)CC(N)C(=O)N1CCC[C@H](N1)C(=O)OCC(C)(C)C2. The lowest BCUT2D eigenvalue weighted by molar-refractivity contribution is -0.154. The molecule has 12 nitrogen and oxygen atoms in total. The van der Waals surface area contributed by atoms with E-state index in [1.165, 1.54) is 21.9 Å². The number of aryl methyl sites for hydroxylation is 1. The molecule has 13 heteroatoms. The Morgan fingerprint density at radius 2 is 1.94 bits per heavy atom. The van der Waals surface area contributed by atoms with Crippen molar-refractivity contribution in [2.24, 2.45) is 11.1 Å². The largest absolute Gasteiger partial charge is 0.464 e. The van der Waals surface area contributed by atoms with Crippen LogP contribution in [0.2, 0.25) is 0 Å². The number of nitrogens with zero attached hydrogens (tertiary/aromatic N) is 6. The molecule has 6 heterocycles. The summed E-state index contributed by atoms with van der Waals surface area (Å²) in [5.41, 5.74) is 17.4. The van der Waals surface area contributed by atoms with E-state index in [1.54, 1.807) is 7.11 Å². The number of hydrogen-bond acceptors (Lipinski definition) is 11. The monoisotopic (exact) mass is 728 g/mol. The van der Waals surface area contributed by atoms with Crippen LogP contribution >= 0.6 is 11.3 Å². The minimum atomic E-state index is -0.784. The first kappa shape index (κ1) is 36.5. The summed E-state index contributed by atoms with van der Waals surface area (Å²) in [6.45, 7) is 13.8. The highest BCUT2D eigenvalue weighted by Crippen LogP contribution is 2.43. The number of esters is 1. The Balaban J connectivity index is 1.40. The molecule has 2 fully saturated rings. The number of pyridine rings is 1. The summed E-state index contributed by atoms with van der Waals surface area (Å²) < 4.78 is 14.4. The number of methoxy groups -OCH3 is 1. The molecule has 3 aliphatic rings. The van der Waals surface area contributed by atoms with E-state index in [1.807, 2.05) is 11.6 Å². The van der Waals surface area contributed by atoms with Gasteiger partial charge in [0.25, 0.3) is 5.91 Å². The van der Waals surface area contributed by atoms with Crippen LogP contribution in [0.4, 0.5) is 5.69 Å². The third-order valence-corrected chi connectivity index (χ3v) is 11.7. The van der Waals surface area contributed by atoms with E-state index in [-0.39, 0.29) is 24.6 Å². The van der Waals surface area contributed by atoms with Crippen LogP contribution in [0.15, 0.2) is 35.8 Å². The van der Waals surface area contributed by atoms with Crippen LogP contribution in [-0.2, 0) is 38.4 Å². The van der Waals surface area contributed by atoms with Crippen molar-refractivity contribution in [3.8, 4) is 22.5 Å². The summed E-state index contributed by atoms with van der Waals surface area (Å²) in [4.78, 5) is 41.7. The van der Waals surface area contributed by atoms with Crippen molar-refractivity contribution in [1.29, 1.82) is 0 Å². The van der Waals surface area contributed by atoms with Gasteiger partial charge >= 0.3 is 5.97 Å². The van der Waals surface area contributed by atoms with Gasteiger partial charge in [0.2, 0.25) is 0 Å². The van der Waals surface area contributed by atoms with Crippen LogP contribution < -0.4 is 16.1 Å². The maximum absolute atomic E-state index is 13.5. The van der Waals surface area contributed by atoms with Crippen molar-refractivity contribution in [1.82, 2.24) is 29.9 Å².